The first-order valence-corrected chi connectivity index (χ1v) is 7.54. The van der Waals surface area contributed by atoms with Gasteiger partial charge in [-0.2, -0.15) is 0 Å². The average molecular weight is 279 g/mol. The van der Waals surface area contributed by atoms with Gasteiger partial charge in [0.25, 0.3) is 0 Å². The highest BCUT2D eigenvalue weighted by Crippen LogP contribution is 2.32. The van der Waals surface area contributed by atoms with Gasteiger partial charge in [0.05, 0.1) is 0 Å². The Morgan fingerprint density at radius 3 is 2.62 bits per heavy atom. The standard InChI is InChI=1S/C19H21NO/c1-13-8-9-14(2)16(10-13)17-12-19(21)20-18(17)11-15-6-4-3-5-7-15/h3-10,17-18H,11-12H2,1-2H3,(H,20,21). The summed E-state index contributed by atoms with van der Waals surface area (Å²) in [4.78, 5) is 11.9. The number of rotatable bonds is 3. The van der Waals surface area contributed by atoms with E-state index in [4.69, 9.17) is 0 Å². The molecule has 0 saturated carbocycles. The van der Waals surface area contributed by atoms with Crippen LogP contribution in [0.5, 0.6) is 0 Å². The summed E-state index contributed by atoms with van der Waals surface area (Å²) in [5.41, 5.74) is 5.13. The van der Waals surface area contributed by atoms with Crippen LogP contribution >= 0.6 is 0 Å². The van der Waals surface area contributed by atoms with E-state index in [-0.39, 0.29) is 17.9 Å². The second-order valence-electron chi connectivity index (χ2n) is 6.03. The molecule has 0 aromatic heterocycles. The van der Waals surface area contributed by atoms with E-state index in [1.807, 2.05) is 6.07 Å². The number of benzene rings is 2. The minimum atomic E-state index is 0.168. The number of carbonyl (C=O) groups is 1. The van der Waals surface area contributed by atoms with Crippen molar-refractivity contribution in [3.63, 3.8) is 0 Å². The van der Waals surface area contributed by atoms with Crippen molar-refractivity contribution in [2.24, 2.45) is 0 Å². The van der Waals surface area contributed by atoms with Crippen LogP contribution in [0, 0.1) is 13.8 Å². The Morgan fingerprint density at radius 1 is 1.10 bits per heavy atom. The van der Waals surface area contributed by atoms with Crippen LogP contribution in [-0.4, -0.2) is 11.9 Å². The molecule has 2 atom stereocenters. The minimum Gasteiger partial charge on any atom is -0.352 e. The highest BCUT2D eigenvalue weighted by atomic mass is 16.2. The predicted octanol–water partition coefficient (Wildman–Crippen LogP) is 3.52. The van der Waals surface area contributed by atoms with E-state index in [0.717, 1.165) is 6.42 Å². The Labute approximate surface area is 126 Å². The van der Waals surface area contributed by atoms with Gasteiger partial charge < -0.3 is 5.32 Å². The molecule has 0 spiro atoms. The molecule has 2 heteroatoms. The Kier molecular flexibility index (Phi) is 3.78. The van der Waals surface area contributed by atoms with E-state index in [1.165, 1.54) is 22.3 Å². The summed E-state index contributed by atoms with van der Waals surface area (Å²) >= 11 is 0. The van der Waals surface area contributed by atoms with Crippen molar-refractivity contribution in [2.45, 2.75) is 38.6 Å². The summed E-state index contributed by atoms with van der Waals surface area (Å²) in [5.74, 6) is 0.444. The van der Waals surface area contributed by atoms with Gasteiger partial charge >= 0.3 is 0 Å². The molecule has 2 aromatic rings. The SMILES string of the molecule is Cc1ccc(C)c(C2CC(=O)NC2Cc2ccccc2)c1. The van der Waals surface area contributed by atoms with Crippen LogP contribution in [0.25, 0.3) is 0 Å². The lowest BCUT2D eigenvalue weighted by molar-refractivity contribution is -0.119. The monoisotopic (exact) mass is 279 g/mol. The summed E-state index contributed by atoms with van der Waals surface area (Å²) in [6.07, 6.45) is 1.49. The Balaban J connectivity index is 1.89. The Hall–Kier alpha value is -2.09. The number of carbonyl (C=O) groups excluding carboxylic acids is 1. The normalized spacial score (nSPS) is 21.3. The van der Waals surface area contributed by atoms with Gasteiger partial charge in [0.15, 0.2) is 0 Å². The van der Waals surface area contributed by atoms with Crippen molar-refractivity contribution in [3.8, 4) is 0 Å². The zero-order valence-electron chi connectivity index (χ0n) is 12.6. The fourth-order valence-corrected chi connectivity index (χ4v) is 3.26. The van der Waals surface area contributed by atoms with Gasteiger partial charge in [-0.3, -0.25) is 4.79 Å². The number of aryl methyl sites for hydroxylation is 2. The third-order valence-electron chi connectivity index (χ3n) is 4.37. The van der Waals surface area contributed by atoms with Crippen LogP contribution in [0.1, 0.15) is 34.6 Å². The highest BCUT2D eigenvalue weighted by molar-refractivity contribution is 5.80. The lowest BCUT2D eigenvalue weighted by atomic mass is 9.85. The quantitative estimate of drug-likeness (QED) is 0.915. The van der Waals surface area contributed by atoms with Crippen molar-refractivity contribution in [3.05, 3.63) is 70.8 Å². The molecule has 3 rings (SSSR count). The van der Waals surface area contributed by atoms with E-state index < -0.39 is 0 Å². The maximum Gasteiger partial charge on any atom is 0.220 e. The predicted molar refractivity (Wildman–Crippen MR) is 85.4 cm³/mol. The van der Waals surface area contributed by atoms with Crippen LogP contribution in [0.15, 0.2) is 48.5 Å². The molecule has 108 valence electrons. The van der Waals surface area contributed by atoms with Crippen LogP contribution in [0.2, 0.25) is 0 Å². The number of amides is 1. The van der Waals surface area contributed by atoms with Crippen LogP contribution in [0.3, 0.4) is 0 Å². The highest BCUT2D eigenvalue weighted by Gasteiger charge is 2.34. The third-order valence-corrected chi connectivity index (χ3v) is 4.37. The summed E-state index contributed by atoms with van der Waals surface area (Å²) in [6, 6.07) is 17.1. The van der Waals surface area contributed by atoms with Crippen molar-refractivity contribution in [1.29, 1.82) is 0 Å². The van der Waals surface area contributed by atoms with Crippen LogP contribution in [-0.2, 0) is 11.2 Å². The van der Waals surface area contributed by atoms with Crippen molar-refractivity contribution >= 4 is 5.91 Å². The van der Waals surface area contributed by atoms with Gasteiger partial charge in [0.2, 0.25) is 5.91 Å². The Bertz CT molecular complexity index is 648. The summed E-state index contributed by atoms with van der Waals surface area (Å²) in [7, 11) is 0. The fraction of sp³-hybridized carbons (Fsp3) is 0.316. The van der Waals surface area contributed by atoms with Crippen molar-refractivity contribution < 1.29 is 4.79 Å². The van der Waals surface area contributed by atoms with Gasteiger partial charge in [0, 0.05) is 18.4 Å². The first-order chi connectivity index (χ1) is 10.1. The topological polar surface area (TPSA) is 29.1 Å². The molecule has 0 bridgehead atoms. The molecule has 1 heterocycles. The first-order valence-electron chi connectivity index (χ1n) is 7.54. The second-order valence-corrected chi connectivity index (χ2v) is 6.03. The molecule has 2 nitrogen and oxygen atoms in total. The smallest absolute Gasteiger partial charge is 0.220 e. The maximum atomic E-state index is 11.9. The van der Waals surface area contributed by atoms with Crippen molar-refractivity contribution in [1.82, 2.24) is 5.32 Å². The van der Waals surface area contributed by atoms with Gasteiger partial charge in [0.1, 0.15) is 0 Å². The fourth-order valence-electron chi connectivity index (χ4n) is 3.26. The van der Waals surface area contributed by atoms with Crippen LogP contribution < -0.4 is 5.32 Å². The molecule has 1 aliphatic heterocycles. The molecule has 0 aliphatic carbocycles. The molecule has 2 aromatic carbocycles. The summed E-state index contributed by atoms with van der Waals surface area (Å²) < 4.78 is 0. The van der Waals surface area contributed by atoms with Gasteiger partial charge in [-0.15, -0.1) is 0 Å². The molecule has 0 radical (unpaired) electrons. The summed E-state index contributed by atoms with van der Waals surface area (Å²) in [5, 5.41) is 3.16. The van der Waals surface area contributed by atoms with E-state index in [2.05, 4.69) is 61.6 Å². The minimum absolute atomic E-state index is 0.168. The largest absolute Gasteiger partial charge is 0.352 e. The van der Waals surface area contributed by atoms with Crippen LogP contribution in [0.4, 0.5) is 0 Å². The second kappa shape index (κ2) is 5.72. The van der Waals surface area contributed by atoms with E-state index in [0.29, 0.717) is 6.42 Å². The first kappa shape index (κ1) is 13.9. The molecule has 1 fully saturated rings. The molecule has 1 N–H and O–H groups in total. The van der Waals surface area contributed by atoms with E-state index >= 15 is 0 Å². The maximum absolute atomic E-state index is 11.9. The molecule has 21 heavy (non-hydrogen) atoms. The van der Waals surface area contributed by atoms with E-state index in [1.54, 1.807) is 0 Å². The van der Waals surface area contributed by atoms with Gasteiger partial charge in [-0.1, -0.05) is 54.1 Å². The lowest BCUT2D eigenvalue weighted by Crippen LogP contribution is -2.30. The third kappa shape index (κ3) is 2.99. The number of hydrogen-bond donors (Lipinski definition) is 1. The zero-order chi connectivity index (χ0) is 14.8. The molecular formula is C19H21NO. The van der Waals surface area contributed by atoms with E-state index in [9.17, 15) is 4.79 Å². The lowest BCUT2D eigenvalue weighted by Gasteiger charge is -2.21. The van der Waals surface area contributed by atoms with Gasteiger partial charge in [-0.25, -0.2) is 0 Å². The molecule has 1 saturated heterocycles. The van der Waals surface area contributed by atoms with Crippen molar-refractivity contribution in [2.75, 3.05) is 0 Å². The number of hydrogen-bond acceptors (Lipinski definition) is 1. The molecule has 2 unspecified atom stereocenters. The molecular weight excluding hydrogens is 258 g/mol. The zero-order valence-corrected chi connectivity index (χ0v) is 12.6. The Morgan fingerprint density at radius 2 is 1.86 bits per heavy atom. The average Bonchev–Trinajstić information content (AvgIpc) is 2.83. The molecule has 1 amide bonds. The number of nitrogens with one attached hydrogen (secondary N) is 1. The molecule has 1 aliphatic rings. The summed E-state index contributed by atoms with van der Waals surface area (Å²) in [6.45, 7) is 4.25. The van der Waals surface area contributed by atoms with Gasteiger partial charge in [-0.05, 0) is 37.0 Å².